The summed E-state index contributed by atoms with van der Waals surface area (Å²) in [5.74, 6) is -1.37. The SMILES string of the molecule is NS(=O)(=O)c1ccc(NC(=O)c2ccc(I)cc2)c(F)c1. The zero-order valence-electron chi connectivity index (χ0n) is 10.5. The molecule has 2 aromatic carbocycles. The first-order chi connectivity index (χ1) is 9.77. The Labute approximate surface area is 134 Å². The third-order valence-electron chi connectivity index (χ3n) is 2.62. The van der Waals surface area contributed by atoms with Crippen molar-refractivity contribution in [1.82, 2.24) is 0 Å². The van der Waals surface area contributed by atoms with E-state index < -0.39 is 21.7 Å². The number of benzene rings is 2. The van der Waals surface area contributed by atoms with Crippen LogP contribution in [0, 0.1) is 9.39 Å². The van der Waals surface area contributed by atoms with Crippen molar-refractivity contribution in [2.75, 3.05) is 5.32 Å². The smallest absolute Gasteiger partial charge is 0.255 e. The summed E-state index contributed by atoms with van der Waals surface area (Å²) in [4.78, 5) is 11.6. The van der Waals surface area contributed by atoms with Gasteiger partial charge in [-0.25, -0.2) is 17.9 Å². The minimum atomic E-state index is -3.98. The molecule has 0 bridgehead atoms. The summed E-state index contributed by atoms with van der Waals surface area (Å²) in [6, 6.07) is 9.74. The van der Waals surface area contributed by atoms with Gasteiger partial charge >= 0.3 is 0 Å². The van der Waals surface area contributed by atoms with Crippen molar-refractivity contribution in [1.29, 1.82) is 0 Å². The number of nitrogens with one attached hydrogen (secondary N) is 1. The molecule has 8 heteroatoms. The molecule has 0 unspecified atom stereocenters. The second kappa shape index (κ2) is 6.08. The van der Waals surface area contributed by atoms with Gasteiger partial charge in [-0.1, -0.05) is 0 Å². The molecule has 2 rings (SSSR count). The summed E-state index contributed by atoms with van der Waals surface area (Å²) in [5.41, 5.74) is 0.247. The lowest BCUT2D eigenvalue weighted by atomic mass is 10.2. The predicted octanol–water partition coefficient (Wildman–Crippen LogP) is 2.33. The molecule has 0 atom stereocenters. The van der Waals surface area contributed by atoms with Crippen LogP contribution < -0.4 is 10.5 Å². The van der Waals surface area contributed by atoms with Gasteiger partial charge in [0.15, 0.2) is 0 Å². The van der Waals surface area contributed by atoms with Crippen molar-refractivity contribution in [3.8, 4) is 0 Å². The van der Waals surface area contributed by atoms with Gasteiger partial charge in [-0.3, -0.25) is 4.79 Å². The number of amides is 1. The molecule has 0 aliphatic rings. The molecule has 0 heterocycles. The largest absolute Gasteiger partial charge is 0.319 e. The van der Waals surface area contributed by atoms with Gasteiger partial charge in [0.1, 0.15) is 5.82 Å². The lowest BCUT2D eigenvalue weighted by molar-refractivity contribution is 0.102. The fourth-order valence-electron chi connectivity index (χ4n) is 1.57. The highest BCUT2D eigenvalue weighted by Crippen LogP contribution is 2.19. The molecule has 0 aliphatic carbocycles. The first-order valence-electron chi connectivity index (χ1n) is 5.66. The van der Waals surface area contributed by atoms with Crippen LogP contribution in [0.15, 0.2) is 47.4 Å². The summed E-state index contributed by atoms with van der Waals surface area (Å²) in [6.45, 7) is 0. The van der Waals surface area contributed by atoms with Gasteiger partial charge in [0, 0.05) is 9.13 Å². The lowest BCUT2D eigenvalue weighted by Gasteiger charge is -2.07. The molecule has 0 aliphatic heterocycles. The van der Waals surface area contributed by atoms with Crippen molar-refractivity contribution in [3.05, 3.63) is 57.4 Å². The number of carbonyl (C=O) groups is 1. The van der Waals surface area contributed by atoms with Crippen LogP contribution in [0.5, 0.6) is 0 Å². The first kappa shape index (κ1) is 15.9. The number of nitrogens with two attached hydrogens (primary N) is 1. The number of primary sulfonamides is 1. The fraction of sp³-hybridized carbons (Fsp3) is 0. The Bertz CT molecular complexity index is 792. The number of rotatable bonds is 3. The second-order valence-corrected chi connectivity index (χ2v) is 6.95. The van der Waals surface area contributed by atoms with Gasteiger partial charge in [0.2, 0.25) is 10.0 Å². The van der Waals surface area contributed by atoms with Gasteiger partial charge in [-0.05, 0) is 65.1 Å². The van der Waals surface area contributed by atoms with E-state index in [4.69, 9.17) is 5.14 Å². The predicted molar refractivity (Wildman–Crippen MR) is 84.9 cm³/mol. The highest BCUT2D eigenvalue weighted by Gasteiger charge is 2.13. The summed E-state index contributed by atoms with van der Waals surface area (Å²) in [7, 11) is -3.98. The summed E-state index contributed by atoms with van der Waals surface area (Å²) < 4.78 is 36.9. The maximum absolute atomic E-state index is 13.8. The van der Waals surface area contributed by atoms with Crippen molar-refractivity contribution in [3.63, 3.8) is 0 Å². The van der Waals surface area contributed by atoms with Crippen LogP contribution in [-0.4, -0.2) is 14.3 Å². The second-order valence-electron chi connectivity index (χ2n) is 4.15. The molecule has 3 N–H and O–H groups in total. The maximum Gasteiger partial charge on any atom is 0.255 e. The number of anilines is 1. The van der Waals surface area contributed by atoms with Crippen molar-refractivity contribution in [2.45, 2.75) is 4.90 Å². The van der Waals surface area contributed by atoms with Gasteiger partial charge in [0.05, 0.1) is 10.6 Å². The van der Waals surface area contributed by atoms with Crippen LogP contribution in [0.25, 0.3) is 0 Å². The molecule has 5 nitrogen and oxygen atoms in total. The third-order valence-corrected chi connectivity index (χ3v) is 4.25. The zero-order chi connectivity index (χ0) is 15.6. The Kier molecular flexibility index (Phi) is 4.59. The molecule has 110 valence electrons. The highest BCUT2D eigenvalue weighted by molar-refractivity contribution is 14.1. The van der Waals surface area contributed by atoms with E-state index >= 15 is 0 Å². The van der Waals surface area contributed by atoms with E-state index in [0.29, 0.717) is 5.56 Å². The van der Waals surface area contributed by atoms with E-state index in [1.165, 1.54) is 0 Å². The Morgan fingerprint density at radius 1 is 1.14 bits per heavy atom. The van der Waals surface area contributed by atoms with Gasteiger partial charge in [0.25, 0.3) is 5.91 Å². The Morgan fingerprint density at radius 3 is 2.29 bits per heavy atom. The van der Waals surface area contributed by atoms with Crippen LogP contribution in [0.4, 0.5) is 10.1 Å². The highest BCUT2D eigenvalue weighted by atomic mass is 127. The summed E-state index contributed by atoms with van der Waals surface area (Å²) in [6.07, 6.45) is 0. The van der Waals surface area contributed by atoms with Gasteiger partial charge in [-0.2, -0.15) is 0 Å². The van der Waals surface area contributed by atoms with E-state index in [2.05, 4.69) is 27.9 Å². The van der Waals surface area contributed by atoms with Crippen LogP contribution >= 0.6 is 22.6 Å². The Hall–Kier alpha value is -1.52. The molecule has 0 saturated carbocycles. The van der Waals surface area contributed by atoms with Crippen LogP contribution in [0.2, 0.25) is 0 Å². The average Bonchev–Trinajstić information content (AvgIpc) is 2.40. The van der Waals surface area contributed by atoms with Crippen LogP contribution in [0.1, 0.15) is 10.4 Å². The molecule has 0 radical (unpaired) electrons. The number of sulfonamides is 1. The van der Waals surface area contributed by atoms with Crippen molar-refractivity contribution in [2.24, 2.45) is 5.14 Å². The minimum Gasteiger partial charge on any atom is -0.319 e. The quantitative estimate of drug-likeness (QED) is 0.748. The number of hydrogen-bond donors (Lipinski definition) is 2. The average molecular weight is 420 g/mol. The standard InChI is InChI=1S/C13H10FIN2O3S/c14-11-7-10(21(16,19)20)5-6-12(11)17-13(18)8-1-3-9(15)4-2-8/h1-7H,(H,17,18)(H2,16,19,20). The van der Waals surface area contributed by atoms with E-state index in [1.807, 2.05) is 0 Å². The molecule has 1 amide bonds. The Morgan fingerprint density at radius 2 is 1.76 bits per heavy atom. The van der Waals surface area contributed by atoms with Gasteiger partial charge < -0.3 is 5.32 Å². The molecular weight excluding hydrogens is 410 g/mol. The minimum absolute atomic E-state index is 0.119. The monoisotopic (exact) mass is 420 g/mol. The van der Waals surface area contributed by atoms with E-state index in [1.54, 1.807) is 24.3 Å². The van der Waals surface area contributed by atoms with Crippen LogP contribution in [-0.2, 0) is 10.0 Å². The topological polar surface area (TPSA) is 89.3 Å². The Balaban J connectivity index is 2.24. The zero-order valence-corrected chi connectivity index (χ0v) is 13.5. The fourth-order valence-corrected chi connectivity index (χ4v) is 2.45. The van der Waals surface area contributed by atoms with Crippen molar-refractivity contribution >= 4 is 44.2 Å². The molecular formula is C13H10FIN2O3S. The summed E-state index contributed by atoms with van der Waals surface area (Å²) >= 11 is 2.10. The normalized spacial score (nSPS) is 11.2. The van der Waals surface area contributed by atoms with Crippen molar-refractivity contribution < 1.29 is 17.6 Å². The third kappa shape index (κ3) is 3.99. The van der Waals surface area contributed by atoms with Crippen LogP contribution in [0.3, 0.4) is 0 Å². The molecule has 0 fully saturated rings. The van der Waals surface area contributed by atoms with Gasteiger partial charge in [-0.15, -0.1) is 0 Å². The lowest BCUT2D eigenvalue weighted by Crippen LogP contribution is -2.15. The number of carbonyl (C=O) groups excluding carboxylic acids is 1. The molecule has 0 aromatic heterocycles. The molecule has 2 aromatic rings. The molecule has 21 heavy (non-hydrogen) atoms. The van der Waals surface area contributed by atoms with E-state index in [9.17, 15) is 17.6 Å². The maximum atomic E-state index is 13.8. The van der Waals surface area contributed by atoms with E-state index in [0.717, 1.165) is 21.8 Å². The molecule has 0 spiro atoms. The number of hydrogen-bond acceptors (Lipinski definition) is 3. The summed E-state index contributed by atoms with van der Waals surface area (Å²) in [5, 5.41) is 7.27. The molecule has 0 saturated heterocycles. The number of halogens is 2. The van der Waals surface area contributed by atoms with E-state index in [-0.39, 0.29) is 10.6 Å². The first-order valence-corrected chi connectivity index (χ1v) is 8.29.